The molecule has 1 N–H and O–H groups in total. The van der Waals surface area contributed by atoms with Crippen LogP contribution in [-0.2, 0) is 23.8 Å². The van der Waals surface area contributed by atoms with Crippen LogP contribution in [0.1, 0.15) is 130 Å². The van der Waals surface area contributed by atoms with Gasteiger partial charge in [-0.25, -0.2) is 0 Å². The van der Waals surface area contributed by atoms with Gasteiger partial charge in [-0.05, 0) is 57.3 Å². The largest absolute Gasteiger partial charge is 0.463 e. The summed E-state index contributed by atoms with van der Waals surface area (Å²) in [5.41, 5.74) is 0. The highest BCUT2D eigenvalue weighted by Gasteiger charge is 2.35. The molecule has 1 aliphatic heterocycles. The molecule has 0 aliphatic carbocycles. The SMILES string of the molecule is CC/C=C\CC1OC1C/C=C\C/C=C\C/C=C\C/C=C\CCC(=O)OC[C@@H](O)COC(=O)CCCCCCCCCC(C)C. The lowest BCUT2D eigenvalue weighted by atomic mass is 10.0. The molecule has 1 fully saturated rings. The van der Waals surface area contributed by atoms with Crippen molar-refractivity contribution >= 4 is 11.9 Å². The maximum absolute atomic E-state index is 11.9. The number of carbonyl (C=O) groups is 2. The average Bonchev–Trinajstić information content (AvgIpc) is 3.76. The van der Waals surface area contributed by atoms with Crippen molar-refractivity contribution in [3.05, 3.63) is 60.8 Å². The van der Waals surface area contributed by atoms with Crippen LogP contribution in [0.4, 0.5) is 0 Å². The first-order valence-corrected chi connectivity index (χ1v) is 17.3. The van der Waals surface area contributed by atoms with Crippen LogP contribution in [0, 0.1) is 5.92 Å². The van der Waals surface area contributed by atoms with Crippen LogP contribution in [0.2, 0.25) is 0 Å². The Morgan fingerprint density at radius 3 is 1.70 bits per heavy atom. The first-order chi connectivity index (χ1) is 21.4. The highest BCUT2D eigenvalue weighted by molar-refractivity contribution is 5.70. The van der Waals surface area contributed by atoms with Crippen LogP contribution in [0.25, 0.3) is 0 Å². The van der Waals surface area contributed by atoms with Gasteiger partial charge >= 0.3 is 11.9 Å². The summed E-state index contributed by atoms with van der Waals surface area (Å²) in [5.74, 6) is 0.112. The van der Waals surface area contributed by atoms with Crippen molar-refractivity contribution < 1.29 is 28.9 Å². The lowest BCUT2D eigenvalue weighted by molar-refractivity contribution is -0.152. The standard InChI is InChI=1S/C38H62O6/c1-4-5-21-27-35-36(44-35)28-23-18-14-10-8-6-7-9-11-15-19-24-29-37(40)42-31-34(39)32-43-38(41)30-25-20-16-12-13-17-22-26-33(2)3/h5,7-10,15,18-19,21,23,33-36,39H,4,6,11-14,16-17,20,22,24-32H2,1-3H3/b9-7-,10-8-,19-15-,21-5-,23-18-/t34-,35?,36?/m1/s1. The maximum atomic E-state index is 11.9. The van der Waals surface area contributed by atoms with Crippen LogP contribution >= 0.6 is 0 Å². The number of esters is 2. The molecule has 1 saturated heterocycles. The van der Waals surface area contributed by atoms with Crippen molar-refractivity contribution in [2.45, 2.75) is 148 Å². The highest BCUT2D eigenvalue weighted by Crippen LogP contribution is 2.29. The molecule has 0 amide bonds. The smallest absolute Gasteiger partial charge is 0.306 e. The third kappa shape index (κ3) is 26.0. The monoisotopic (exact) mass is 614 g/mol. The second-order valence-electron chi connectivity index (χ2n) is 12.1. The van der Waals surface area contributed by atoms with Gasteiger partial charge < -0.3 is 19.3 Å². The van der Waals surface area contributed by atoms with Crippen molar-refractivity contribution in [3.8, 4) is 0 Å². The van der Waals surface area contributed by atoms with E-state index >= 15 is 0 Å². The van der Waals surface area contributed by atoms with Crippen molar-refractivity contribution in [1.82, 2.24) is 0 Å². The molecule has 250 valence electrons. The number of allylic oxidation sites excluding steroid dienone is 8. The Morgan fingerprint density at radius 2 is 1.14 bits per heavy atom. The Morgan fingerprint density at radius 1 is 0.659 bits per heavy atom. The maximum Gasteiger partial charge on any atom is 0.306 e. The molecule has 2 unspecified atom stereocenters. The minimum atomic E-state index is -0.998. The molecule has 44 heavy (non-hydrogen) atoms. The summed E-state index contributed by atoms with van der Waals surface area (Å²) >= 11 is 0. The van der Waals surface area contributed by atoms with E-state index in [1.165, 1.54) is 32.1 Å². The topological polar surface area (TPSA) is 85.4 Å². The third-order valence-corrected chi connectivity index (χ3v) is 7.36. The summed E-state index contributed by atoms with van der Waals surface area (Å²) in [7, 11) is 0. The number of unbranched alkanes of at least 4 members (excludes halogenated alkanes) is 6. The van der Waals surface area contributed by atoms with Gasteiger partial charge in [-0.3, -0.25) is 9.59 Å². The summed E-state index contributed by atoms with van der Waals surface area (Å²) in [6.45, 7) is 6.37. The molecule has 0 radical (unpaired) electrons. The molecule has 1 heterocycles. The van der Waals surface area contributed by atoms with E-state index in [0.717, 1.165) is 63.7 Å². The van der Waals surface area contributed by atoms with E-state index in [2.05, 4.69) is 69.4 Å². The summed E-state index contributed by atoms with van der Waals surface area (Å²) in [4.78, 5) is 23.8. The minimum Gasteiger partial charge on any atom is -0.463 e. The summed E-state index contributed by atoms with van der Waals surface area (Å²) in [5, 5.41) is 9.95. The molecular weight excluding hydrogens is 552 g/mol. The third-order valence-electron chi connectivity index (χ3n) is 7.36. The number of ether oxygens (including phenoxy) is 3. The van der Waals surface area contributed by atoms with Crippen molar-refractivity contribution in [2.75, 3.05) is 13.2 Å². The molecule has 0 bridgehead atoms. The molecule has 6 nitrogen and oxygen atoms in total. The van der Waals surface area contributed by atoms with Gasteiger partial charge in [-0.2, -0.15) is 0 Å². The Labute approximate surface area is 268 Å². The van der Waals surface area contributed by atoms with Gasteiger partial charge in [0, 0.05) is 12.8 Å². The number of carbonyl (C=O) groups excluding carboxylic acids is 2. The first-order valence-electron chi connectivity index (χ1n) is 17.3. The lowest BCUT2D eigenvalue weighted by Crippen LogP contribution is -2.25. The highest BCUT2D eigenvalue weighted by atomic mass is 16.6. The molecule has 0 aromatic heterocycles. The van der Waals surface area contributed by atoms with Gasteiger partial charge in [0.1, 0.15) is 19.3 Å². The fraction of sp³-hybridized carbons (Fsp3) is 0.684. The van der Waals surface area contributed by atoms with E-state index in [9.17, 15) is 14.7 Å². The number of epoxide rings is 1. The first kappa shape index (κ1) is 39.6. The zero-order valence-corrected chi connectivity index (χ0v) is 28.0. The summed E-state index contributed by atoms with van der Waals surface area (Å²) in [6.07, 6.45) is 37.6. The zero-order chi connectivity index (χ0) is 32.1. The quantitative estimate of drug-likeness (QED) is 0.0409. The van der Waals surface area contributed by atoms with E-state index in [4.69, 9.17) is 14.2 Å². The van der Waals surface area contributed by atoms with Gasteiger partial charge in [0.15, 0.2) is 0 Å². The summed E-state index contributed by atoms with van der Waals surface area (Å²) in [6, 6.07) is 0. The predicted octanol–water partition coefficient (Wildman–Crippen LogP) is 9.29. The van der Waals surface area contributed by atoms with Crippen LogP contribution in [-0.4, -0.2) is 48.6 Å². The van der Waals surface area contributed by atoms with Gasteiger partial charge in [-0.15, -0.1) is 0 Å². The van der Waals surface area contributed by atoms with Gasteiger partial charge in [0.2, 0.25) is 0 Å². The molecule has 0 saturated carbocycles. The van der Waals surface area contributed by atoms with Crippen molar-refractivity contribution in [1.29, 1.82) is 0 Å². The molecule has 0 aromatic rings. The number of aliphatic hydroxyl groups is 1. The molecule has 1 aliphatic rings. The fourth-order valence-corrected chi connectivity index (χ4v) is 4.63. The normalized spacial score (nSPS) is 17.7. The zero-order valence-electron chi connectivity index (χ0n) is 28.0. The van der Waals surface area contributed by atoms with Crippen LogP contribution in [0.15, 0.2) is 60.8 Å². The van der Waals surface area contributed by atoms with Gasteiger partial charge in [0.25, 0.3) is 0 Å². The predicted molar refractivity (Wildman–Crippen MR) is 181 cm³/mol. The lowest BCUT2D eigenvalue weighted by Gasteiger charge is -2.12. The molecule has 3 atom stereocenters. The van der Waals surface area contributed by atoms with Crippen LogP contribution < -0.4 is 0 Å². The Balaban J connectivity index is 1.91. The van der Waals surface area contributed by atoms with Crippen molar-refractivity contribution in [2.24, 2.45) is 5.92 Å². The van der Waals surface area contributed by atoms with E-state index in [1.54, 1.807) is 0 Å². The second kappa shape index (κ2) is 28.1. The Hall–Kier alpha value is -2.44. The molecular formula is C38H62O6. The van der Waals surface area contributed by atoms with E-state index < -0.39 is 6.10 Å². The fourth-order valence-electron chi connectivity index (χ4n) is 4.63. The van der Waals surface area contributed by atoms with Gasteiger partial charge in [0.05, 0.1) is 12.2 Å². The summed E-state index contributed by atoms with van der Waals surface area (Å²) < 4.78 is 15.9. The molecule has 0 aromatic carbocycles. The minimum absolute atomic E-state index is 0.145. The number of aliphatic hydroxyl groups excluding tert-OH is 1. The van der Waals surface area contributed by atoms with Crippen molar-refractivity contribution in [3.63, 3.8) is 0 Å². The average molecular weight is 615 g/mol. The molecule has 6 heteroatoms. The van der Waals surface area contributed by atoms with E-state index in [-0.39, 0.29) is 31.6 Å². The van der Waals surface area contributed by atoms with E-state index in [0.29, 0.717) is 25.0 Å². The Bertz CT molecular complexity index is 869. The number of hydrogen-bond donors (Lipinski definition) is 1. The van der Waals surface area contributed by atoms with Crippen LogP contribution in [0.3, 0.4) is 0 Å². The van der Waals surface area contributed by atoms with Crippen LogP contribution in [0.5, 0.6) is 0 Å². The molecule has 0 spiro atoms. The molecule has 1 rings (SSSR count). The number of hydrogen-bond acceptors (Lipinski definition) is 6. The van der Waals surface area contributed by atoms with E-state index in [1.807, 2.05) is 12.2 Å². The Kier molecular flexibility index (Phi) is 25.2. The second-order valence-corrected chi connectivity index (χ2v) is 12.1. The number of rotatable bonds is 28. The van der Waals surface area contributed by atoms with Gasteiger partial charge in [-0.1, -0.05) is 126 Å².